The molecule has 0 spiro atoms. The molecule has 0 bridgehead atoms. The van der Waals surface area contributed by atoms with Crippen LogP contribution >= 0.6 is 11.6 Å². The van der Waals surface area contributed by atoms with Gasteiger partial charge in [-0.1, -0.05) is 11.6 Å². The SMILES string of the molecule is COc1cc(Cl)cc2c1C[C@H](N(C)C)[C@H]2Oc1ccc(S(=O)(=O)NCCOCCOCCN)cc1C. The fraction of sp³-hybridized carbons (Fsp3) is 0.520. The number of aryl methyl sites for hydroxylation is 1. The number of hydrogen-bond donors (Lipinski definition) is 2. The maximum absolute atomic E-state index is 12.7. The predicted octanol–water partition coefficient (Wildman–Crippen LogP) is 2.53. The highest BCUT2D eigenvalue weighted by Crippen LogP contribution is 2.43. The Morgan fingerprint density at radius 2 is 1.81 bits per heavy atom. The summed E-state index contributed by atoms with van der Waals surface area (Å²) in [6.45, 7) is 3.95. The second-order valence-electron chi connectivity index (χ2n) is 8.79. The lowest BCUT2D eigenvalue weighted by molar-refractivity contribution is 0.0530. The highest BCUT2D eigenvalue weighted by molar-refractivity contribution is 7.89. The van der Waals surface area contributed by atoms with Crippen molar-refractivity contribution in [1.82, 2.24) is 9.62 Å². The summed E-state index contributed by atoms with van der Waals surface area (Å²) in [6, 6.07) is 8.65. The first-order valence-electron chi connectivity index (χ1n) is 11.8. The zero-order valence-corrected chi connectivity index (χ0v) is 22.8. The zero-order chi connectivity index (χ0) is 26.3. The van der Waals surface area contributed by atoms with Gasteiger partial charge in [0.2, 0.25) is 10.0 Å². The molecule has 3 N–H and O–H groups in total. The van der Waals surface area contributed by atoms with E-state index in [0.717, 1.165) is 23.3 Å². The van der Waals surface area contributed by atoms with Crippen LogP contribution in [0.5, 0.6) is 11.5 Å². The molecule has 0 fully saturated rings. The first-order valence-corrected chi connectivity index (χ1v) is 13.7. The molecule has 1 aliphatic carbocycles. The number of hydrogen-bond acceptors (Lipinski definition) is 8. The van der Waals surface area contributed by atoms with Gasteiger partial charge in [0.15, 0.2) is 0 Å². The van der Waals surface area contributed by atoms with Crippen molar-refractivity contribution in [2.24, 2.45) is 5.73 Å². The van der Waals surface area contributed by atoms with E-state index in [1.165, 1.54) is 0 Å². The molecule has 0 radical (unpaired) electrons. The lowest BCUT2D eigenvalue weighted by atomic mass is 10.1. The summed E-state index contributed by atoms with van der Waals surface area (Å²) in [5, 5.41) is 0.579. The van der Waals surface area contributed by atoms with Gasteiger partial charge in [0, 0.05) is 29.2 Å². The average Bonchev–Trinajstić information content (AvgIpc) is 3.19. The second kappa shape index (κ2) is 13.0. The minimum absolute atomic E-state index is 0.0672. The Hall–Kier alpha value is -1.92. The van der Waals surface area contributed by atoms with Crippen molar-refractivity contribution in [2.45, 2.75) is 30.4 Å². The number of sulfonamides is 1. The first-order chi connectivity index (χ1) is 17.2. The lowest BCUT2D eigenvalue weighted by Crippen LogP contribution is -2.34. The highest BCUT2D eigenvalue weighted by atomic mass is 35.5. The number of halogens is 1. The molecule has 0 amide bonds. The van der Waals surface area contributed by atoms with Crippen molar-refractivity contribution in [3.8, 4) is 11.5 Å². The number of nitrogens with zero attached hydrogens (tertiary/aromatic N) is 1. The Kier molecular flexibility index (Phi) is 10.4. The van der Waals surface area contributed by atoms with Crippen LogP contribution in [0.4, 0.5) is 0 Å². The third-order valence-electron chi connectivity index (χ3n) is 6.04. The second-order valence-corrected chi connectivity index (χ2v) is 11.0. The molecule has 2 aromatic carbocycles. The Labute approximate surface area is 218 Å². The van der Waals surface area contributed by atoms with E-state index in [9.17, 15) is 8.42 Å². The van der Waals surface area contributed by atoms with Gasteiger partial charge in [-0.15, -0.1) is 0 Å². The summed E-state index contributed by atoms with van der Waals surface area (Å²) < 4.78 is 50.7. The van der Waals surface area contributed by atoms with E-state index < -0.39 is 10.0 Å². The van der Waals surface area contributed by atoms with Crippen molar-refractivity contribution < 1.29 is 27.4 Å². The van der Waals surface area contributed by atoms with Crippen LogP contribution in [0.3, 0.4) is 0 Å². The van der Waals surface area contributed by atoms with E-state index in [0.29, 0.717) is 42.7 Å². The van der Waals surface area contributed by atoms with Gasteiger partial charge in [-0.2, -0.15) is 0 Å². The van der Waals surface area contributed by atoms with E-state index in [4.69, 9.17) is 36.3 Å². The number of methoxy groups -OCH3 is 1. The molecule has 200 valence electrons. The summed E-state index contributed by atoms with van der Waals surface area (Å²) in [6.07, 6.45) is 0.470. The van der Waals surface area contributed by atoms with E-state index in [2.05, 4.69) is 9.62 Å². The van der Waals surface area contributed by atoms with Crippen molar-refractivity contribution in [3.63, 3.8) is 0 Å². The highest BCUT2D eigenvalue weighted by Gasteiger charge is 2.38. The van der Waals surface area contributed by atoms with Crippen LogP contribution in [0.15, 0.2) is 35.2 Å². The van der Waals surface area contributed by atoms with E-state index >= 15 is 0 Å². The molecular weight excluding hydrogens is 506 g/mol. The maximum atomic E-state index is 12.7. The monoisotopic (exact) mass is 541 g/mol. The number of benzene rings is 2. The van der Waals surface area contributed by atoms with Gasteiger partial charge in [0.25, 0.3) is 0 Å². The van der Waals surface area contributed by atoms with E-state index in [-0.39, 0.29) is 30.2 Å². The molecule has 0 heterocycles. The fourth-order valence-electron chi connectivity index (χ4n) is 4.20. The van der Waals surface area contributed by atoms with E-state index in [1.54, 1.807) is 25.3 Å². The minimum atomic E-state index is -3.69. The summed E-state index contributed by atoms with van der Waals surface area (Å²) in [7, 11) is 1.95. The third kappa shape index (κ3) is 7.10. The maximum Gasteiger partial charge on any atom is 0.240 e. The molecule has 36 heavy (non-hydrogen) atoms. The lowest BCUT2D eigenvalue weighted by Gasteiger charge is -2.28. The van der Waals surface area contributed by atoms with Crippen LogP contribution in [0.25, 0.3) is 0 Å². The van der Waals surface area contributed by atoms with Crippen LogP contribution in [-0.2, 0) is 25.9 Å². The first kappa shape index (κ1) is 28.6. The van der Waals surface area contributed by atoms with Gasteiger partial charge in [-0.25, -0.2) is 13.1 Å². The molecule has 0 unspecified atom stereocenters. The zero-order valence-electron chi connectivity index (χ0n) is 21.3. The molecule has 0 aliphatic heterocycles. The number of likely N-dealkylation sites (N-methyl/N-ethyl adjacent to an activating group) is 1. The van der Waals surface area contributed by atoms with Crippen molar-refractivity contribution in [3.05, 3.63) is 52.0 Å². The molecule has 0 saturated heterocycles. The topological polar surface area (TPSA) is 112 Å². The van der Waals surface area contributed by atoms with Crippen LogP contribution < -0.4 is 19.9 Å². The molecule has 9 nitrogen and oxygen atoms in total. The Morgan fingerprint density at radius 3 is 2.44 bits per heavy atom. The molecule has 0 aromatic heterocycles. The Bertz CT molecular complexity index is 1130. The van der Waals surface area contributed by atoms with Crippen LogP contribution in [0.2, 0.25) is 5.02 Å². The number of nitrogens with two attached hydrogens (primary N) is 1. The number of nitrogens with one attached hydrogen (secondary N) is 1. The van der Waals surface area contributed by atoms with Crippen molar-refractivity contribution in [1.29, 1.82) is 0 Å². The smallest absolute Gasteiger partial charge is 0.240 e. The summed E-state index contributed by atoms with van der Waals surface area (Å²) in [5.74, 6) is 1.35. The largest absolute Gasteiger partial charge is 0.496 e. The van der Waals surface area contributed by atoms with E-state index in [1.807, 2.05) is 33.2 Å². The predicted molar refractivity (Wildman–Crippen MR) is 140 cm³/mol. The van der Waals surface area contributed by atoms with Gasteiger partial charge in [0.05, 0.1) is 44.5 Å². The van der Waals surface area contributed by atoms with Gasteiger partial charge in [0.1, 0.15) is 17.6 Å². The van der Waals surface area contributed by atoms with Crippen LogP contribution in [0.1, 0.15) is 22.8 Å². The van der Waals surface area contributed by atoms with Crippen molar-refractivity contribution in [2.75, 3.05) is 60.7 Å². The van der Waals surface area contributed by atoms with Gasteiger partial charge < -0.3 is 29.6 Å². The number of ether oxygens (including phenoxy) is 4. The minimum Gasteiger partial charge on any atom is -0.496 e. The molecule has 0 saturated carbocycles. The quantitative estimate of drug-likeness (QED) is 0.351. The Morgan fingerprint density at radius 1 is 1.08 bits per heavy atom. The summed E-state index contributed by atoms with van der Waals surface area (Å²) in [4.78, 5) is 2.28. The molecule has 1 aliphatic rings. The molecule has 2 atom stereocenters. The Balaban J connectivity index is 1.68. The van der Waals surface area contributed by atoms with Gasteiger partial charge in [-0.05, 0) is 63.3 Å². The van der Waals surface area contributed by atoms with Gasteiger partial charge in [-0.3, -0.25) is 0 Å². The van der Waals surface area contributed by atoms with Crippen LogP contribution in [0, 0.1) is 6.92 Å². The van der Waals surface area contributed by atoms with Gasteiger partial charge >= 0.3 is 0 Å². The summed E-state index contributed by atoms with van der Waals surface area (Å²) >= 11 is 6.35. The normalized spacial score (nSPS) is 17.4. The van der Waals surface area contributed by atoms with Crippen LogP contribution in [-0.4, -0.2) is 80.1 Å². The average molecular weight is 542 g/mol. The number of rotatable bonds is 14. The fourth-order valence-corrected chi connectivity index (χ4v) is 5.51. The summed E-state index contributed by atoms with van der Waals surface area (Å²) in [5.41, 5.74) is 8.11. The standard InChI is InChI=1S/C25H36ClN3O6S/c1-17-13-19(36(30,31)28-8-10-34-12-11-33-9-7-27)5-6-23(17)35-25-21-14-18(26)15-24(32-4)20(21)16-22(25)29(2)3/h5-6,13-15,22,25,28H,7-12,16,27H2,1-4H3/t22-,25-/m0/s1. The molecule has 2 aromatic rings. The molecule has 11 heteroatoms. The molecular formula is C25H36ClN3O6S. The van der Waals surface area contributed by atoms with Crippen molar-refractivity contribution >= 4 is 21.6 Å². The number of fused-ring (bicyclic) bond motifs is 1. The third-order valence-corrected chi connectivity index (χ3v) is 7.72. The molecule has 3 rings (SSSR count).